The van der Waals surface area contributed by atoms with Crippen LogP contribution in [-0.2, 0) is 0 Å². The van der Waals surface area contributed by atoms with Gasteiger partial charge in [-0.15, -0.1) is 0 Å². The minimum Gasteiger partial charge on any atom is -0.264 e. The molecule has 0 atom stereocenters. The van der Waals surface area contributed by atoms with Crippen molar-refractivity contribution in [2.75, 3.05) is 0 Å². The number of nitrogens with zero attached hydrogens (tertiary/aromatic N) is 1. The summed E-state index contributed by atoms with van der Waals surface area (Å²) >= 11 is 0. The third kappa shape index (κ3) is 1.70. The number of rotatable bonds is 1. The first-order valence-electron chi connectivity index (χ1n) is 5.75. The molecule has 0 radical (unpaired) electrons. The second kappa shape index (κ2) is 4.02. The van der Waals surface area contributed by atoms with Crippen molar-refractivity contribution in [3.63, 3.8) is 0 Å². The SMILES string of the molecule is Cc1ccc(-c2cccnc2)c2ccccc12. The summed E-state index contributed by atoms with van der Waals surface area (Å²) in [7, 11) is 0. The van der Waals surface area contributed by atoms with E-state index in [-0.39, 0.29) is 0 Å². The lowest BCUT2D eigenvalue weighted by Crippen LogP contribution is -1.84. The largest absolute Gasteiger partial charge is 0.264 e. The molecule has 0 saturated carbocycles. The first-order valence-corrected chi connectivity index (χ1v) is 5.75. The van der Waals surface area contributed by atoms with Crippen LogP contribution in [0.1, 0.15) is 5.56 Å². The molecule has 17 heavy (non-hydrogen) atoms. The Morgan fingerprint density at radius 3 is 2.41 bits per heavy atom. The predicted molar refractivity (Wildman–Crippen MR) is 71.9 cm³/mol. The lowest BCUT2D eigenvalue weighted by Gasteiger charge is -2.08. The molecule has 0 saturated heterocycles. The molecule has 1 heteroatoms. The molecule has 0 unspecified atom stereocenters. The molecule has 0 aliphatic heterocycles. The van der Waals surface area contributed by atoms with Gasteiger partial charge in [0.15, 0.2) is 0 Å². The van der Waals surface area contributed by atoms with Gasteiger partial charge in [0, 0.05) is 18.0 Å². The number of aryl methyl sites for hydroxylation is 1. The molecule has 0 fully saturated rings. The summed E-state index contributed by atoms with van der Waals surface area (Å²) in [5.41, 5.74) is 3.73. The molecule has 0 bridgehead atoms. The molecular formula is C16H13N. The quantitative estimate of drug-likeness (QED) is 0.597. The number of fused-ring (bicyclic) bond motifs is 1. The molecule has 82 valence electrons. The zero-order valence-corrected chi connectivity index (χ0v) is 9.72. The van der Waals surface area contributed by atoms with E-state index >= 15 is 0 Å². The van der Waals surface area contributed by atoms with E-state index < -0.39 is 0 Å². The summed E-state index contributed by atoms with van der Waals surface area (Å²) in [5, 5.41) is 2.61. The van der Waals surface area contributed by atoms with Gasteiger partial charge in [-0.25, -0.2) is 0 Å². The van der Waals surface area contributed by atoms with E-state index in [9.17, 15) is 0 Å². The first kappa shape index (κ1) is 10.0. The topological polar surface area (TPSA) is 12.9 Å². The van der Waals surface area contributed by atoms with Crippen LogP contribution in [-0.4, -0.2) is 4.98 Å². The van der Waals surface area contributed by atoms with Gasteiger partial charge in [0.25, 0.3) is 0 Å². The third-order valence-electron chi connectivity index (χ3n) is 3.11. The zero-order valence-electron chi connectivity index (χ0n) is 9.72. The summed E-state index contributed by atoms with van der Waals surface area (Å²) in [5.74, 6) is 0. The van der Waals surface area contributed by atoms with Gasteiger partial charge in [0.2, 0.25) is 0 Å². The first-order chi connectivity index (χ1) is 8.36. The average Bonchev–Trinajstić information content (AvgIpc) is 2.41. The molecule has 0 N–H and O–H groups in total. The van der Waals surface area contributed by atoms with Crippen LogP contribution in [0.5, 0.6) is 0 Å². The second-order valence-electron chi connectivity index (χ2n) is 4.22. The maximum Gasteiger partial charge on any atom is 0.0346 e. The summed E-state index contributed by atoms with van der Waals surface area (Å²) in [6, 6.07) is 16.9. The van der Waals surface area contributed by atoms with E-state index in [1.807, 2.05) is 12.3 Å². The lowest BCUT2D eigenvalue weighted by molar-refractivity contribution is 1.33. The van der Waals surface area contributed by atoms with Crippen molar-refractivity contribution in [1.82, 2.24) is 4.98 Å². The molecule has 3 aromatic rings. The van der Waals surface area contributed by atoms with E-state index in [0.717, 1.165) is 0 Å². The number of benzene rings is 2. The van der Waals surface area contributed by atoms with Crippen molar-refractivity contribution in [2.45, 2.75) is 6.92 Å². The van der Waals surface area contributed by atoms with E-state index in [0.29, 0.717) is 0 Å². The Bertz CT molecular complexity index is 657. The van der Waals surface area contributed by atoms with Crippen molar-refractivity contribution >= 4 is 10.8 Å². The van der Waals surface area contributed by atoms with Crippen LogP contribution in [0.2, 0.25) is 0 Å². The molecule has 0 aliphatic rings. The minimum absolute atomic E-state index is 1.17. The zero-order chi connectivity index (χ0) is 11.7. The van der Waals surface area contributed by atoms with Gasteiger partial charge in [-0.05, 0) is 34.9 Å². The standard InChI is InChI=1S/C16H13N/c1-12-8-9-15(13-5-4-10-17-11-13)16-7-3-2-6-14(12)16/h2-11H,1H3. The van der Waals surface area contributed by atoms with Crippen molar-refractivity contribution in [3.05, 3.63) is 66.5 Å². The Morgan fingerprint density at radius 1 is 0.824 bits per heavy atom. The fourth-order valence-corrected chi connectivity index (χ4v) is 2.22. The maximum atomic E-state index is 4.19. The van der Waals surface area contributed by atoms with Gasteiger partial charge < -0.3 is 0 Å². The van der Waals surface area contributed by atoms with E-state index in [1.165, 1.54) is 27.5 Å². The molecule has 0 aliphatic carbocycles. The molecule has 0 amide bonds. The fraction of sp³-hybridized carbons (Fsp3) is 0.0625. The van der Waals surface area contributed by atoms with Gasteiger partial charge in [-0.1, -0.05) is 42.5 Å². The summed E-state index contributed by atoms with van der Waals surface area (Å²) in [6.45, 7) is 2.15. The highest BCUT2D eigenvalue weighted by molar-refractivity contribution is 5.98. The number of aromatic nitrogens is 1. The maximum absolute atomic E-state index is 4.19. The van der Waals surface area contributed by atoms with E-state index in [2.05, 4.69) is 54.4 Å². The van der Waals surface area contributed by atoms with Crippen molar-refractivity contribution < 1.29 is 0 Å². The van der Waals surface area contributed by atoms with Gasteiger partial charge in [0.05, 0.1) is 0 Å². The van der Waals surface area contributed by atoms with E-state index in [1.54, 1.807) is 6.20 Å². The van der Waals surface area contributed by atoms with E-state index in [4.69, 9.17) is 0 Å². The van der Waals surface area contributed by atoms with Crippen LogP contribution < -0.4 is 0 Å². The Hall–Kier alpha value is -2.15. The van der Waals surface area contributed by atoms with Crippen LogP contribution in [0, 0.1) is 6.92 Å². The lowest BCUT2D eigenvalue weighted by atomic mass is 9.96. The third-order valence-corrected chi connectivity index (χ3v) is 3.11. The smallest absolute Gasteiger partial charge is 0.0346 e. The normalized spacial score (nSPS) is 10.6. The molecule has 1 heterocycles. The number of hydrogen-bond acceptors (Lipinski definition) is 1. The molecular weight excluding hydrogens is 206 g/mol. The van der Waals surface area contributed by atoms with Gasteiger partial charge >= 0.3 is 0 Å². The number of hydrogen-bond donors (Lipinski definition) is 0. The van der Waals surface area contributed by atoms with Crippen molar-refractivity contribution in [3.8, 4) is 11.1 Å². The monoisotopic (exact) mass is 219 g/mol. The summed E-state index contributed by atoms with van der Waals surface area (Å²) in [6.07, 6.45) is 3.72. The van der Waals surface area contributed by atoms with Crippen LogP contribution in [0.15, 0.2) is 60.9 Å². The van der Waals surface area contributed by atoms with Crippen LogP contribution >= 0.6 is 0 Å². The molecule has 2 aromatic carbocycles. The molecule has 0 spiro atoms. The summed E-state index contributed by atoms with van der Waals surface area (Å²) in [4.78, 5) is 4.19. The average molecular weight is 219 g/mol. The highest BCUT2D eigenvalue weighted by atomic mass is 14.6. The predicted octanol–water partition coefficient (Wildman–Crippen LogP) is 4.21. The van der Waals surface area contributed by atoms with Crippen LogP contribution in [0.4, 0.5) is 0 Å². The van der Waals surface area contributed by atoms with Gasteiger partial charge in [0.1, 0.15) is 0 Å². The Kier molecular flexibility index (Phi) is 2.37. The van der Waals surface area contributed by atoms with Crippen molar-refractivity contribution in [2.24, 2.45) is 0 Å². The van der Waals surface area contributed by atoms with Crippen molar-refractivity contribution in [1.29, 1.82) is 0 Å². The minimum atomic E-state index is 1.17. The Morgan fingerprint density at radius 2 is 1.65 bits per heavy atom. The Labute approximate surface area is 101 Å². The molecule has 1 aromatic heterocycles. The Balaban J connectivity index is 2.35. The molecule has 1 nitrogen and oxygen atoms in total. The fourth-order valence-electron chi connectivity index (χ4n) is 2.22. The van der Waals surface area contributed by atoms with Crippen LogP contribution in [0.25, 0.3) is 21.9 Å². The highest BCUT2D eigenvalue weighted by Crippen LogP contribution is 2.29. The number of pyridine rings is 1. The second-order valence-corrected chi connectivity index (χ2v) is 4.22. The highest BCUT2D eigenvalue weighted by Gasteiger charge is 2.04. The molecule has 3 rings (SSSR count). The van der Waals surface area contributed by atoms with Crippen LogP contribution in [0.3, 0.4) is 0 Å². The van der Waals surface area contributed by atoms with Gasteiger partial charge in [-0.3, -0.25) is 4.98 Å². The van der Waals surface area contributed by atoms with Gasteiger partial charge in [-0.2, -0.15) is 0 Å². The summed E-state index contributed by atoms with van der Waals surface area (Å²) < 4.78 is 0.